The van der Waals surface area contributed by atoms with E-state index in [4.69, 9.17) is 0 Å². The first-order valence-electron chi connectivity index (χ1n) is 6.45. The van der Waals surface area contributed by atoms with Crippen LogP contribution in [0, 0.1) is 6.92 Å². The highest BCUT2D eigenvalue weighted by Gasteiger charge is 2.42. The molecule has 4 nitrogen and oxygen atoms in total. The molecule has 0 spiro atoms. The molecule has 2 saturated heterocycles. The minimum Gasteiger partial charge on any atom is -0.329 e. The molecule has 0 N–H and O–H groups in total. The normalized spacial score (nSPS) is 22.9. The number of hydrogen-bond donors (Lipinski definition) is 0. The van der Waals surface area contributed by atoms with Gasteiger partial charge in [0.25, 0.3) is 0 Å². The lowest BCUT2D eigenvalue weighted by Crippen LogP contribution is -2.57. The molecule has 0 radical (unpaired) electrons. The maximum atomic E-state index is 12.5. The summed E-state index contributed by atoms with van der Waals surface area (Å²) >= 11 is 3.45. The Balaban J connectivity index is 1.94. The second-order valence-electron chi connectivity index (χ2n) is 5.10. The summed E-state index contributed by atoms with van der Waals surface area (Å²) < 4.78 is 1.01. The van der Waals surface area contributed by atoms with Crippen molar-refractivity contribution in [3.63, 3.8) is 0 Å². The summed E-state index contributed by atoms with van der Waals surface area (Å²) in [5, 5.41) is 0. The van der Waals surface area contributed by atoms with Crippen molar-refractivity contribution < 1.29 is 9.59 Å². The zero-order valence-electron chi connectivity index (χ0n) is 10.7. The van der Waals surface area contributed by atoms with E-state index in [1.54, 1.807) is 9.80 Å². The van der Waals surface area contributed by atoms with Gasteiger partial charge in [-0.2, -0.15) is 0 Å². The zero-order chi connectivity index (χ0) is 13.6. The summed E-state index contributed by atoms with van der Waals surface area (Å²) in [6.45, 7) is 2.87. The van der Waals surface area contributed by atoms with Crippen LogP contribution in [0.4, 0.5) is 5.69 Å². The molecule has 0 aromatic heterocycles. The summed E-state index contributed by atoms with van der Waals surface area (Å²) in [5.74, 6) is 0.112. The second-order valence-corrected chi connectivity index (χ2v) is 5.96. The van der Waals surface area contributed by atoms with Crippen LogP contribution in [0.3, 0.4) is 0 Å². The summed E-state index contributed by atoms with van der Waals surface area (Å²) in [7, 11) is 0. The Labute approximate surface area is 120 Å². The van der Waals surface area contributed by atoms with Crippen molar-refractivity contribution in [1.82, 2.24) is 4.90 Å². The molecule has 2 amide bonds. The van der Waals surface area contributed by atoms with Gasteiger partial charge in [-0.15, -0.1) is 0 Å². The number of aryl methyl sites for hydroxylation is 1. The van der Waals surface area contributed by atoms with Crippen LogP contribution in [0.25, 0.3) is 0 Å². The molecular formula is C14H15BrN2O2. The number of carbonyl (C=O) groups excluding carboxylic acids is 2. The van der Waals surface area contributed by atoms with Crippen LogP contribution in [-0.2, 0) is 9.59 Å². The summed E-state index contributed by atoms with van der Waals surface area (Å²) in [4.78, 5) is 27.9. The monoisotopic (exact) mass is 322 g/mol. The summed E-state index contributed by atoms with van der Waals surface area (Å²) in [5.41, 5.74) is 1.87. The lowest BCUT2D eigenvalue weighted by molar-refractivity contribution is -0.140. The molecule has 0 aliphatic carbocycles. The van der Waals surface area contributed by atoms with Crippen LogP contribution in [0.5, 0.6) is 0 Å². The van der Waals surface area contributed by atoms with E-state index in [-0.39, 0.29) is 24.4 Å². The molecule has 1 atom stereocenters. The first-order chi connectivity index (χ1) is 9.08. The lowest BCUT2D eigenvalue weighted by Gasteiger charge is -2.36. The molecule has 100 valence electrons. The molecule has 19 heavy (non-hydrogen) atoms. The molecule has 1 aromatic carbocycles. The van der Waals surface area contributed by atoms with E-state index in [0.29, 0.717) is 0 Å². The van der Waals surface area contributed by atoms with Gasteiger partial charge in [-0.3, -0.25) is 9.59 Å². The number of benzene rings is 1. The van der Waals surface area contributed by atoms with Crippen molar-refractivity contribution in [3.8, 4) is 0 Å². The van der Waals surface area contributed by atoms with Gasteiger partial charge < -0.3 is 9.80 Å². The molecular weight excluding hydrogens is 308 g/mol. The molecule has 5 heteroatoms. The van der Waals surface area contributed by atoms with Crippen molar-refractivity contribution >= 4 is 33.4 Å². The van der Waals surface area contributed by atoms with Crippen molar-refractivity contribution in [2.45, 2.75) is 25.8 Å². The summed E-state index contributed by atoms with van der Waals surface area (Å²) in [6, 6.07) is 5.50. The van der Waals surface area contributed by atoms with E-state index in [2.05, 4.69) is 15.9 Å². The first kappa shape index (κ1) is 12.7. The van der Waals surface area contributed by atoms with E-state index in [9.17, 15) is 9.59 Å². The molecule has 2 heterocycles. The number of halogens is 1. The molecule has 2 aliphatic rings. The molecule has 3 rings (SSSR count). The number of nitrogens with zero attached hydrogens (tertiary/aromatic N) is 2. The van der Waals surface area contributed by atoms with Crippen LogP contribution >= 0.6 is 15.9 Å². The Hall–Kier alpha value is -1.36. The molecule has 2 fully saturated rings. The van der Waals surface area contributed by atoms with Crippen LogP contribution in [0.1, 0.15) is 18.4 Å². The predicted octanol–water partition coefficient (Wildman–Crippen LogP) is 2.10. The van der Waals surface area contributed by atoms with Crippen molar-refractivity contribution in [2.24, 2.45) is 0 Å². The third-order valence-corrected chi connectivity index (χ3v) is 4.76. The first-order valence-corrected chi connectivity index (χ1v) is 7.24. The number of anilines is 1. The molecule has 0 saturated carbocycles. The van der Waals surface area contributed by atoms with Gasteiger partial charge in [0.2, 0.25) is 11.8 Å². The van der Waals surface area contributed by atoms with Crippen molar-refractivity contribution in [2.75, 3.05) is 18.0 Å². The van der Waals surface area contributed by atoms with Crippen LogP contribution in [-0.4, -0.2) is 35.8 Å². The maximum Gasteiger partial charge on any atom is 0.250 e. The highest BCUT2D eigenvalue weighted by Crippen LogP contribution is 2.29. The Bertz CT molecular complexity index is 558. The van der Waals surface area contributed by atoms with Crippen LogP contribution < -0.4 is 4.90 Å². The molecule has 2 aliphatic heterocycles. The van der Waals surface area contributed by atoms with E-state index < -0.39 is 0 Å². The molecule has 1 aromatic rings. The average molecular weight is 323 g/mol. The number of amides is 2. The van der Waals surface area contributed by atoms with Crippen molar-refractivity contribution in [3.05, 3.63) is 28.2 Å². The quantitative estimate of drug-likeness (QED) is 0.794. The summed E-state index contributed by atoms with van der Waals surface area (Å²) in [6.07, 6.45) is 1.71. The number of rotatable bonds is 1. The zero-order valence-corrected chi connectivity index (χ0v) is 12.3. The number of fused-ring (bicyclic) bond motifs is 1. The van der Waals surface area contributed by atoms with Gasteiger partial charge in [0.15, 0.2) is 0 Å². The Morgan fingerprint density at radius 1 is 1.32 bits per heavy atom. The highest BCUT2D eigenvalue weighted by molar-refractivity contribution is 9.10. The fourth-order valence-corrected chi connectivity index (χ4v) is 3.07. The standard InChI is InChI=1S/C14H15BrN2O2/c1-9-7-10(4-5-11(9)15)17-8-13(18)16-6-2-3-12(16)14(17)19/h4-5,7,12H,2-3,6,8H2,1H3. The number of carbonyl (C=O) groups is 2. The minimum atomic E-state index is -0.245. The van der Waals surface area contributed by atoms with Gasteiger partial charge in [0.05, 0.1) is 0 Å². The molecule has 0 bridgehead atoms. The van der Waals surface area contributed by atoms with E-state index >= 15 is 0 Å². The number of hydrogen-bond acceptors (Lipinski definition) is 2. The van der Waals surface area contributed by atoms with Crippen LogP contribution in [0.15, 0.2) is 22.7 Å². The molecule has 1 unspecified atom stereocenters. The lowest BCUT2D eigenvalue weighted by atomic mass is 10.1. The largest absolute Gasteiger partial charge is 0.329 e. The van der Waals surface area contributed by atoms with E-state index in [1.807, 2.05) is 25.1 Å². The van der Waals surface area contributed by atoms with Gasteiger partial charge in [-0.05, 0) is 43.5 Å². The van der Waals surface area contributed by atoms with Crippen molar-refractivity contribution in [1.29, 1.82) is 0 Å². The maximum absolute atomic E-state index is 12.5. The Morgan fingerprint density at radius 2 is 2.11 bits per heavy atom. The predicted molar refractivity (Wildman–Crippen MR) is 76.0 cm³/mol. The fraction of sp³-hybridized carbons (Fsp3) is 0.429. The van der Waals surface area contributed by atoms with Gasteiger partial charge >= 0.3 is 0 Å². The SMILES string of the molecule is Cc1cc(N2CC(=O)N3CCCC3C2=O)ccc1Br. The average Bonchev–Trinajstić information content (AvgIpc) is 2.87. The van der Waals surface area contributed by atoms with E-state index in [1.165, 1.54) is 0 Å². The van der Waals surface area contributed by atoms with Gasteiger partial charge in [-0.1, -0.05) is 15.9 Å². The third-order valence-electron chi connectivity index (χ3n) is 3.87. The second kappa shape index (κ2) is 4.63. The van der Waals surface area contributed by atoms with Gasteiger partial charge in [0.1, 0.15) is 12.6 Å². The van der Waals surface area contributed by atoms with Gasteiger partial charge in [0, 0.05) is 16.7 Å². The third kappa shape index (κ3) is 2.06. The smallest absolute Gasteiger partial charge is 0.250 e. The Kier molecular flexibility index (Phi) is 3.09. The fourth-order valence-electron chi connectivity index (χ4n) is 2.82. The highest BCUT2D eigenvalue weighted by atomic mass is 79.9. The van der Waals surface area contributed by atoms with Gasteiger partial charge in [-0.25, -0.2) is 0 Å². The minimum absolute atomic E-state index is 0.0545. The number of piperazine rings is 1. The van der Waals surface area contributed by atoms with E-state index in [0.717, 1.165) is 35.1 Å². The topological polar surface area (TPSA) is 40.6 Å². The Morgan fingerprint density at radius 3 is 2.84 bits per heavy atom. The van der Waals surface area contributed by atoms with Crippen LogP contribution in [0.2, 0.25) is 0 Å².